The number of fused-ring (bicyclic) bond motifs is 1. The number of aromatic nitrogens is 4. The predicted octanol–water partition coefficient (Wildman–Crippen LogP) is 2.18. The Hall–Kier alpha value is -2.61. The summed E-state index contributed by atoms with van der Waals surface area (Å²) in [6.45, 7) is 2.04. The number of anilines is 1. The summed E-state index contributed by atoms with van der Waals surface area (Å²) in [5.74, 6) is 0.974. The van der Waals surface area contributed by atoms with Crippen LogP contribution in [0.3, 0.4) is 0 Å². The summed E-state index contributed by atoms with van der Waals surface area (Å²) in [5.41, 5.74) is 1.47. The quantitative estimate of drug-likeness (QED) is 0.720. The maximum absolute atomic E-state index is 12.4. The number of hydrogen-bond acceptors (Lipinski definition) is 6. The van der Waals surface area contributed by atoms with E-state index in [1.165, 1.54) is 6.33 Å². The second-order valence-electron chi connectivity index (χ2n) is 6.71. The summed E-state index contributed by atoms with van der Waals surface area (Å²) in [7, 11) is 1.85. The standard InChI is InChI=1S/C18H21ClN6O2/c1-24-16(21-11-22-24)4-7-20-17(26)12-5-8-25(9-6-12)18-23-14-3-2-13(19)10-15(14)27-18/h2-3,10-12H,4-9H2,1H3,(H,20,26). The molecule has 1 aliphatic heterocycles. The minimum absolute atomic E-state index is 0.0135. The molecule has 8 nitrogen and oxygen atoms in total. The number of amides is 1. The van der Waals surface area contributed by atoms with Gasteiger partial charge in [0.25, 0.3) is 6.01 Å². The topological polar surface area (TPSA) is 89.1 Å². The minimum atomic E-state index is 0.0135. The van der Waals surface area contributed by atoms with Crippen molar-refractivity contribution in [3.8, 4) is 0 Å². The van der Waals surface area contributed by atoms with E-state index in [-0.39, 0.29) is 11.8 Å². The number of aryl methyl sites for hydroxylation is 1. The zero-order chi connectivity index (χ0) is 18.8. The van der Waals surface area contributed by atoms with Gasteiger partial charge in [-0.05, 0) is 25.0 Å². The van der Waals surface area contributed by atoms with Crippen LogP contribution in [-0.2, 0) is 18.3 Å². The Morgan fingerprint density at radius 1 is 1.37 bits per heavy atom. The first-order chi connectivity index (χ1) is 13.1. The van der Waals surface area contributed by atoms with Crippen molar-refractivity contribution in [1.82, 2.24) is 25.1 Å². The number of nitrogens with one attached hydrogen (secondary N) is 1. The number of piperidine rings is 1. The maximum atomic E-state index is 12.4. The molecule has 4 rings (SSSR count). The molecule has 1 fully saturated rings. The van der Waals surface area contributed by atoms with Gasteiger partial charge in [-0.15, -0.1) is 0 Å². The van der Waals surface area contributed by atoms with Crippen molar-refractivity contribution in [2.75, 3.05) is 24.5 Å². The number of carbonyl (C=O) groups is 1. The first-order valence-corrected chi connectivity index (χ1v) is 9.39. The Bertz CT molecular complexity index is 944. The van der Waals surface area contributed by atoms with Crippen LogP contribution >= 0.6 is 11.6 Å². The molecular formula is C18H21ClN6O2. The summed E-state index contributed by atoms with van der Waals surface area (Å²) < 4.78 is 7.54. The van der Waals surface area contributed by atoms with Crippen molar-refractivity contribution >= 4 is 34.6 Å². The summed E-state index contributed by atoms with van der Waals surface area (Å²) in [6, 6.07) is 6.01. The van der Waals surface area contributed by atoms with Gasteiger partial charge >= 0.3 is 0 Å². The lowest BCUT2D eigenvalue weighted by molar-refractivity contribution is -0.125. The lowest BCUT2D eigenvalue weighted by Crippen LogP contribution is -2.41. The molecule has 1 amide bonds. The molecule has 1 N–H and O–H groups in total. The van der Waals surface area contributed by atoms with Crippen LogP contribution in [0.25, 0.3) is 11.1 Å². The highest BCUT2D eigenvalue weighted by Crippen LogP contribution is 2.28. The van der Waals surface area contributed by atoms with Crippen molar-refractivity contribution < 1.29 is 9.21 Å². The van der Waals surface area contributed by atoms with Crippen LogP contribution in [0.2, 0.25) is 5.02 Å². The molecule has 0 atom stereocenters. The molecule has 0 aliphatic carbocycles. The van der Waals surface area contributed by atoms with Crippen molar-refractivity contribution in [2.24, 2.45) is 13.0 Å². The monoisotopic (exact) mass is 388 g/mol. The molecule has 0 spiro atoms. The maximum Gasteiger partial charge on any atom is 0.298 e. The molecule has 27 heavy (non-hydrogen) atoms. The highest BCUT2D eigenvalue weighted by Gasteiger charge is 2.27. The lowest BCUT2D eigenvalue weighted by atomic mass is 9.96. The second-order valence-corrected chi connectivity index (χ2v) is 7.15. The summed E-state index contributed by atoms with van der Waals surface area (Å²) in [6.07, 6.45) is 3.74. The van der Waals surface area contributed by atoms with Gasteiger partial charge in [0.1, 0.15) is 17.7 Å². The Labute approximate surface area is 161 Å². The van der Waals surface area contributed by atoms with E-state index in [9.17, 15) is 4.79 Å². The van der Waals surface area contributed by atoms with Crippen LogP contribution in [0, 0.1) is 5.92 Å². The van der Waals surface area contributed by atoms with E-state index in [2.05, 4.69) is 25.3 Å². The summed E-state index contributed by atoms with van der Waals surface area (Å²) in [4.78, 5) is 23.2. The highest BCUT2D eigenvalue weighted by molar-refractivity contribution is 6.31. The fourth-order valence-electron chi connectivity index (χ4n) is 3.34. The Morgan fingerprint density at radius 2 is 2.19 bits per heavy atom. The molecule has 3 heterocycles. The van der Waals surface area contributed by atoms with Gasteiger partial charge in [0.05, 0.1) is 0 Å². The van der Waals surface area contributed by atoms with Gasteiger partial charge in [-0.25, -0.2) is 4.98 Å². The van der Waals surface area contributed by atoms with E-state index in [0.717, 1.165) is 37.3 Å². The zero-order valence-corrected chi connectivity index (χ0v) is 15.8. The van der Waals surface area contributed by atoms with Crippen LogP contribution in [-0.4, -0.2) is 45.3 Å². The van der Waals surface area contributed by atoms with Crippen LogP contribution < -0.4 is 10.2 Å². The van der Waals surface area contributed by atoms with Gasteiger partial charge < -0.3 is 14.6 Å². The van der Waals surface area contributed by atoms with E-state index in [1.54, 1.807) is 16.8 Å². The zero-order valence-electron chi connectivity index (χ0n) is 15.1. The normalized spacial score (nSPS) is 15.4. The van der Waals surface area contributed by atoms with Crippen LogP contribution in [0.5, 0.6) is 0 Å². The number of rotatable bonds is 5. The molecular weight excluding hydrogens is 368 g/mol. The Kier molecular flexibility index (Phi) is 4.98. The van der Waals surface area contributed by atoms with Crippen molar-refractivity contribution in [1.29, 1.82) is 0 Å². The number of hydrogen-bond donors (Lipinski definition) is 1. The molecule has 0 bridgehead atoms. The number of benzene rings is 1. The Morgan fingerprint density at radius 3 is 2.93 bits per heavy atom. The highest BCUT2D eigenvalue weighted by atomic mass is 35.5. The lowest BCUT2D eigenvalue weighted by Gasteiger charge is -2.30. The molecule has 0 unspecified atom stereocenters. The molecule has 1 aliphatic rings. The third-order valence-electron chi connectivity index (χ3n) is 4.93. The summed E-state index contributed by atoms with van der Waals surface area (Å²) in [5, 5.41) is 7.66. The first kappa shape index (κ1) is 17.8. The average Bonchev–Trinajstić information content (AvgIpc) is 3.27. The molecule has 3 aromatic rings. The molecule has 1 aromatic carbocycles. The van der Waals surface area contributed by atoms with E-state index in [1.807, 2.05) is 13.1 Å². The van der Waals surface area contributed by atoms with Crippen LogP contribution in [0.15, 0.2) is 28.9 Å². The van der Waals surface area contributed by atoms with Gasteiger partial charge in [0.15, 0.2) is 5.58 Å². The van der Waals surface area contributed by atoms with Crippen molar-refractivity contribution in [3.63, 3.8) is 0 Å². The number of nitrogens with zero attached hydrogens (tertiary/aromatic N) is 5. The van der Waals surface area contributed by atoms with Crippen molar-refractivity contribution in [2.45, 2.75) is 19.3 Å². The van der Waals surface area contributed by atoms with E-state index >= 15 is 0 Å². The van der Waals surface area contributed by atoms with E-state index in [0.29, 0.717) is 29.6 Å². The molecule has 0 saturated carbocycles. The molecule has 1 saturated heterocycles. The third kappa shape index (κ3) is 3.90. The molecule has 9 heteroatoms. The third-order valence-corrected chi connectivity index (χ3v) is 5.16. The van der Waals surface area contributed by atoms with Crippen molar-refractivity contribution in [3.05, 3.63) is 35.4 Å². The second kappa shape index (κ2) is 7.56. The molecule has 142 valence electrons. The number of carbonyl (C=O) groups excluding carboxylic acids is 1. The SMILES string of the molecule is Cn1ncnc1CCNC(=O)C1CCN(c2nc3ccc(Cl)cc3o2)CC1. The number of oxazole rings is 1. The fraction of sp³-hybridized carbons (Fsp3) is 0.444. The number of halogens is 1. The van der Waals surface area contributed by atoms with Gasteiger partial charge in [-0.2, -0.15) is 10.1 Å². The van der Waals surface area contributed by atoms with Gasteiger partial charge in [-0.3, -0.25) is 9.48 Å². The molecule has 2 aromatic heterocycles. The summed E-state index contributed by atoms with van der Waals surface area (Å²) >= 11 is 6.00. The van der Waals surface area contributed by atoms with Crippen LogP contribution in [0.4, 0.5) is 6.01 Å². The fourth-order valence-corrected chi connectivity index (χ4v) is 3.50. The Balaban J connectivity index is 1.28. The molecule has 0 radical (unpaired) electrons. The van der Waals surface area contributed by atoms with Gasteiger partial charge in [0, 0.05) is 50.1 Å². The van der Waals surface area contributed by atoms with Crippen LogP contribution in [0.1, 0.15) is 18.7 Å². The van der Waals surface area contributed by atoms with Gasteiger partial charge in [-0.1, -0.05) is 11.6 Å². The largest absolute Gasteiger partial charge is 0.423 e. The average molecular weight is 389 g/mol. The van der Waals surface area contributed by atoms with E-state index in [4.69, 9.17) is 16.0 Å². The van der Waals surface area contributed by atoms with Gasteiger partial charge in [0.2, 0.25) is 5.91 Å². The first-order valence-electron chi connectivity index (χ1n) is 9.02. The smallest absolute Gasteiger partial charge is 0.298 e. The minimum Gasteiger partial charge on any atom is -0.423 e. The predicted molar refractivity (Wildman–Crippen MR) is 102 cm³/mol. The van der Waals surface area contributed by atoms with E-state index < -0.39 is 0 Å².